The zero-order valence-corrected chi connectivity index (χ0v) is 53.5. The first kappa shape index (κ1) is 76.4. The first-order valence-electron chi connectivity index (χ1n) is 36.0. The molecule has 0 saturated carbocycles. The van der Waals surface area contributed by atoms with Gasteiger partial charge in [-0.2, -0.15) is 0 Å². The molecule has 464 valence electrons. The molecule has 0 N–H and O–H groups in total. The summed E-state index contributed by atoms with van der Waals surface area (Å²) in [4.78, 5) is 38.4. The van der Waals surface area contributed by atoms with Crippen molar-refractivity contribution < 1.29 is 28.6 Å². The van der Waals surface area contributed by atoms with Gasteiger partial charge in [-0.15, -0.1) is 0 Å². The number of hydrogen-bond donors (Lipinski definition) is 0. The molecule has 0 radical (unpaired) electrons. The Morgan fingerprint density at radius 2 is 0.346 bits per heavy atom. The molecular weight excluding hydrogens is 961 g/mol. The monoisotopic (exact) mass is 1100 g/mol. The smallest absolute Gasteiger partial charge is 0.306 e. The van der Waals surface area contributed by atoms with E-state index in [0.717, 1.165) is 57.8 Å². The molecule has 1 atom stereocenters. The van der Waals surface area contributed by atoms with E-state index in [-0.39, 0.29) is 31.1 Å². The molecule has 0 aromatic heterocycles. The fourth-order valence-electron chi connectivity index (χ4n) is 11.5. The standard InChI is InChI=1S/C72H140O6/c1-4-7-10-13-16-19-22-25-28-30-31-32-33-34-35-36-37-38-39-40-41-43-44-47-50-53-56-59-62-65-71(74)77-68-69(67-76-70(73)64-61-58-55-52-49-46-27-24-21-18-15-12-9-6-3)78-72(75)66-63-60-57-54-51-48-45-42-29-26-23-20-17-14-11-8-5-2/h69H,4-68H2,1-3H3. The van der Waals surface area contributed by atoms with Crippen LogP contribution in [0.1, 0.15) is 425 Å². The molecule has 0 fully saturated rings. The second-order valence-corrected chi connectivity index (χ2v) is 24.9. The van der Waals surface area contributed by atoms with Crippen LogP contribution in [0.2, 0.25) is 0 Å². The molecule has 0 rings (SSSR count). The first-order chi connectivity index (χ1) is 38.5. The Morgan fingerprint density at radius 3 is 0.513 bits per heavy atom. The molecule has 0 amide bonds. The minimum Gasteiger partial charge on any atom is -0.462 e. The fraction of sp³-hybridized carbons (Fsp3) is 0.958. The van der Waals surface area contributed by atoms with Crippen molar-refractivity contribution in [2.45, 2.75) is 431 Å². The second kappa shape index (κ2) is 67.9. The predicted octanol–water partition coefficient (Wildman–Crippen LogP) is 24.6. The predicted molar refractivity (Wildman–Crippen MR) is 340 cm³/mol. The summed E-state index contributed by atoms with van der Waals surface area (Å²) < 4.78 is 17.0. The van der Waals surface area contributed by atoms with E-state index in [1.165, 1.54) is 327 Å². The van der Waals surface area contributed by atoms with Gasteiger partial charge in [-0.3, -0.25) is 14.4 Å². The summed E-state index contributed by atoms with van der Waals surface area (Å²) in [5, 5.41) is 0. The summed E-state index contributed by atoms with van der Waals surface area (Å²) >= 11 is 0. The molecule has 0 saturated heterocycles. The van der Waals surface area contributed by atoms with Crippen molar-refractivity contribution in [3.05, 3.63) is 0 Å². The Labute approximate surface area is 488 Å². The van der Waals surface area contributed by atoms with Crippen LogP contribution in [-0.4, -0.2) is 37.2 Å². The number of carbonyl (C=O) groups is 3. The third kappa shape index (κ3) is 65.2. The molecule has 78 heavy (non-hydrogen) atoms. The minimum atomic E-state index is -0.763. The van der Waals surface area contributed by atoms with Crippen molar-refractivity contribution in [1.82, 2.24) is 0 Å². The Balaban J connectivity index is 4.13. The highest BCUT2D eigenvalue weighted by Crippen LogP contribution is 2.20. The van der Waals surface area contributed by atoms with Gasteiger partial charge in [0, 0.05) is 19.3 Å². The van der Waals surface area contributed by atoms with E-state index in [4.69, 9.17) is 14.2 Å². The first-order valence-corrected chi connectivity index (χ1v) is 36.0. The van der Waals surface area contributed by atoms with Crippen molar-refractivity contribution in [1.29, 1.82) is 0 Å². The van der Waals surface area contributed by atoms with Gasteiger partial charge < -0.3 is 14.2 Å². The van der Waals surface area contributed by atoms with E-state index in [2.05, 4.69) is 20.8 Å². The highest BCUT2D eigenvalue weighted by atomic mass is 16.6. The van der Waals surface area contributed by atoms with E-state index in [1.54, 1.807) is 0 Å². The van der Waals surface area contributed by atoms with Crippen LogP contribution in [-0.2, 0) is 28.6 Å². The summed E-state index contributed by atoms with van der Waals surface area (Å²) in [6.45, 7) is 6.74. The zero-order chi connectivity index (χ0) is 56.4. The van der Waals surface area contributed by atoms with Crippen molar-refractivity contribution in [3.8, 4) is 0 Å². The molecule has 0 aliphatic rings. The van der Waals surface area contributed by atoms with Gasteiger partial charge in [0.05, 0.1) is 0 Å². The molecule has 0 bridgehead atoms. The summed E-state index contributed by atoms with van der Waals surface area (Å²) in [6, 6.07) is 0. The number of unbranched alkanes of at least 4 members (excludes halogenated alkanes) is 57. The quantitative estimate of drug-likeness (QED) is 0.0343. The summed E-state index contributed by atoms with van der Waals surface area (Å²) in [7, 11) is 0. The third-order valence-electron chi connectivity index (χ3n) is 16.9. The molecule has 0 aromatic rings. The third-order valence-corrected chi connectivity index (χ3v) is 16.9. The van der Waals surface area contributed by atoms with E-state index in [9.17, 15) is 14.4 Å². The van der Waals surface area contributed by atoms with E-state index < -0.39 is 6.10 Å². The summed E-state index contributed by atoms with van der Waals surface area (Å²) in [6.07, 6.45) is 80.0. The maximum absolute atomic E-state index is 12.9. The number of ether oxygens (including phenoxy) is 3. The van der Waals surface area contributed by atoms with Crippen LogP contribution in [0.5, 0.6) is 0 Å². The van der Waals surface area contributed by atoms with Gasteiger partial charge >= 0.3 is 17.9 Å². The van der Waals surface area contributed by atoms with Gasteiger partial charge in [0.15, 0.2) is 6.10 Å². The maximum atomic E-state index is 12.9. The van der Waals surface area contributed by atoms with Crippen molar-refractivity contribution in [2.24, 2.45) is 0 Å². The number of esters is 3. The molecule has 0 heterocycles. The topological polar surface area (TPSA) is 78.9 Å². The van der Waals surface area contributed by atoms with Crippen molar-refractivity contribution in [2.75, 3.05) is 13.2 Å². The van der Waals surface area contributed by atoms with E-state index >= 15 is 0 Å². The molecular formula is C72H140O6. The molecule has 0 aliphatic heterocycles. The number of hydrogen-bond acceptors (Lipinski definition) is 6. The van der Waals surface area contributed by atoms with Crippen LogP contribution >= 0.6 is 0 Å². The molecule has 6 heteroatoms. The van der Waals surface area contributed by atoms with E-state index in [1.807, 2.05) is 0 Å². The lowest BCUT2D eigenvalue weighted by Gasteiger charge is -2.18. The second-order valence-electron chi connectivity index (χ2n) is 24.9. The average Bonchev–Trinajstić information content (AvgIpc) is 3.44. The van der Waals surface area contributed by atoms with Crippen LogP contribution in [0.25, 0.3) is 0 Å². The SMILES string of the molecule is CCCCCCCCCCCCCCCCCCCCCCCCCCCCCCCC(=O)OCC(COC(=O)CCCCCCCCCCCCCCCC)OC(=O)CCCCCCCCCCCCCCCCCCC. The average molecular weight is 1100 g/mol. The lowest BCUT2D eigenvalue weighted by molar-refractivity contribution is -0.167. The highest BCUT2D eigenvalue weighted by molar-refractivity contribution is 5.71. The zero-order valence-electron chi connectivity index (χ0n) is 53.5. The molecule has 0 spiro atoms. The van der Waals surface area contributed by atoms with Crippen LogP contribution in [0.4, 0.5) is 0 Å². The van der Waals surface area contributed by atoms with Gasteiger partial charge in [0.1, 0.15) is 13.2 Å². The van der Waals surface area contributed by atoms with Crippen molar-refractivity contribution in [3.63, 3.8) is 0 Å². The molecule has 0 aliphatic carbocycles. The van der Waals surface area contributed by atoms with E-state index in [0.29, 0.717) is 19.3 Å². The largest absolute Gasteiger partial charge is 0.462 e. The van der Waals surface area contributed by atoms with Crippen molar-refractivity contribution >= 4 is 17.9 Å². The van der Waals surface area contributed by atoms with Gasteiger partial charge in [-0.05, 0) is 19.3 Å². The summed E-state index contributed by atoms with van der Waals surface area (Å²) in [5.41, 5.74) is 0. The van der Waals surface area contributed by atoms with Crippen LogP contribution in [0.3, 0.4) is 0 Å². The lowest BCUT2D eigenvalue weighted by atomic mass is 10.0. The Morgan fingerprint density at radius 1 is 0.205 bits per heavy atom. The van der Waals surface area contributed by atoms with Crippen LogP contribution < -0.4 is 0 Å². The van der Waals surface area contributed by atoms with Gasteiger partial charge in [0.25, 0.3) is 0 Å². The Hall–Kier alpha value is -1.59. The normalized spacial score (nSPS) is 11.9. The number of rotatable bonds is 68. The Kier molecular flexibility index (Phi) is 66.5. The minimum absolute atomic E-state index is 0.0602. The van der Waals surface area contributed by atoms with Crippen LogP contribution in [0, 0.1) is 0 Å². The summed E-state index contributed by atoms with van der Waals surface area (Å²) in [5.74, 6) is -0.820. The molecule has 6 nitrogen and oxygen atoms in total. The lowest BCUT2D eigenvalue weighted by Crippen LogP contribution is -2.30. The van der Waals surface area contributed by atoms with Gasteiger partial charge in [-0.25, -0.2) is 0 Å². The molecule has 0 aromatic carbocycles. The highest BCUT2D eigenvalue weighted by Gasteiger charge is 2.20. The van der Waals surface area contributed by atoms with Crippen LogP contribution in [0.15, 0.2) is 0 Å². The number of carbonyl (C=O) groups excluding carboxylic acids is 3. The maximum Gasteiger partial charge on any atom is 0.306 e. The fourth-order valence-corrected chi connectivity index (χ4v) is 11.5. The van der Waals surface area contributed by atoms with Gasteiger partial charge in [0.2, 0.25) is 0 Å². The Bertz CT molecular complexity index is 1170. The van der Waals surface area contributed by atoms with Gasteiger partial charge in [-0.1, -0.05) is 387 Å². The molecule has 1 unspecified atom stereocenters.